The van der Waals surface area contributed by atoms with Gasteiger partial charge in [-0.2, -0.15) is 0 Å². The molecule has 0 radical (unpaired) electrons. The van der Waals surface area contributed by atoms with E-state index in [1.165, 1.54) is 10.8 Å². The summed E-state index contributed by atoms with van der Waals surface area (Å²) >= 11 is 0. The molecule has 0 saturated heterocycles. The second-order valence-electron chi connectivity index (χ2n) is 1.33. The van der Waals surface area contributed by atoms with E-state index in [0.29, 0.717) is 5.75 Å². The van der Waals surface area contributed by atoms with Crippen molar-refractivity contribution >= 4 is 21.0 Å². The van der Waals surface area contributed by atoms with Gasteiger partial charge >= 0.3 is 0 Å². The SMILES string of the molecule is C#CC1=CS[S+]([O-])C1. The van der Waals surface area contributed by atoms with E-state index in [1.807, 2.05) is 0 Å². The molecule has 0 saturated carbocycles. The quantitative estimate of drug-likeness (QED) is 0.286. The summed E-state index contributed by atoms with van der Waals surface area (Å²) in [6.07, 6.45) is 5.03. The molecule has 1 atom stereocenters. The summed E-state index contributed by atoms with van der Waals surface area (Å²) in [5.74, 6) is 3.00. The van der Waals surface area contributed by atoms with Crippen LogP contribution in [0.15, 0.2) is 11.0 Å². The molecule has 8 heavy (non-hydrogen) atoms. The van der Waals surface area contributed by atoms with Crippen LogP contribution in [0.2, 0.25) is 0 Å². The maximum absolute atomic E-state index is 10.5. The number of terminal acetylenes is 1. The topological polar surface area (TPSA) is 23.1 Å². The number of hydrogen-bond acceptors (Lipinski definition) is 2. The summed E-state index contributed by atoms with van der Waals surface area (Å²) in [4.78, 5) is 0. The van der Waals surface area contributed by atoms with Crippen LogP contribution >= 0.6 is 10.8 Å². The van der Waals surface area contributed by atoms with Crippen LogP contribution in [0.4, 0.5) is 0 Å². The average Bonchev–Trinajstić information content (AvgIpc) is 2.14. The Morgan fingerprint density at radius 1 is 2.00 bits per heavy atom. The van der Waals surface area contributed by atoms with E-state index in [9.17, 15) is 4.55 Å². The third-order valence-electron chi connectivity index (χ3n) is 0.756. The van der Waals surface area contributed by atoms with Gasteiger partial charge in [0.15, 0.2) is 5.75 Å². The Kier molecular flexibility index (Phi) is 1.90. The molecule has 1 aliphatic heterocycles. The summed E-state index contributed by atoms with van der Waals surface area (Å²) in [5, 5.41) is 1.77. The molecule has 1 nitrogen and oxygen atoms in total. The Morgan fingerprint density at radius 2 is 2.75 bits per heavy atom. The van der Waals surface area contributed by atoms with Gasteiger partial charge in [-0.05, 0) is 0 Å². The fourth-order valence-corrected chi connectivity index (χ4v) is 2.61. The molecule has 1 heterocycles. The summed E-state index contributed by atoms with van der Waals surface area (Å²) in [6, 6.07) is 0. The molecule has 0 N–H and O–H groups in total. The van der Waals surface area contributed by atoms with Crippen LogP contribution in [0.5, 0.6) is 0 Å². The first kappa shape index (κ1) is 6.09. The standard InChI is InChI=1S/C5H4OS2/c1-2-5-3-7-8(6)4-5/h1,3H,4H2. The van der Waals surface area contributed by atoms with Crippen LogP contribution in [0.3, 0.4) is 0 Å². The molecule has 42 valence electrons. The number of rotatable bonds is 0. The van der Waals surface area contributed by atoms with Crippen molar-refractivity contribution in [3.63, 3.8) is 0 Å². The van der Waals surface area contributed by atoms with Crippen molar-refractivity contribution in [2.75, 3.05) is 5.75 Å². The van der Waals surface area contributed by atoms with Gasteiger partial charge in [-0.3, -0.25) is 0 Å². The van der Waals surface area contributed by atoms with Crippen molar-refractivity contribution in [3.8, 4) is 12.3 Å². The first-order valence-corrected chi connectivity index (χ1v) is 4.75. The molecule has 3 heteroatoms. The van der Waals surface area contributed by atoms with E-state index in [-0.39, 0.29) is 0 Å². The Bertz CT molecular complexity index is 156. The van der Waals surface area contributed by atoms with E-state index in [0.717, 1.165) is 5.57 Å². The second kappa shape index (κ2) is 2.49. The first-order valence-electron chi connectivity index (χ1n) is 2.04. The van der Waals surface area contributed by atoms with Crippen molar-refractivity contribution in [2.45, 2.75) is 0 Å². The van der Waals surface area contributed by atoms with E-state index < -0.39 is 10.2 Å². The summed E-state index contributed by atoms with van der Waals surface area (Å²) in [7, 11) is 0.526. The van der Waals surface area contributed by atoms with Crippen LogP contribution in [0.1, 0.15) is 0 Å². The van der Waals surface area contributed by atoms with E-state index >= 15 is 0 Å². The normalized spacial score (nSPS) is 27.0. The van der Waals surface area contributed by atoms with Gasteiger partial charge in [-0.25, -0.2) is 0 Å². The van der Waals surface area contributed by atoms with Gasteiger partial charge < -0.3 is 4.55 Å². The predicted molar refractivity (Wildman–Crippen MR) is 37.5 cm³/mol. The molecular weight excluding hydrogens is 140 g/mol. The van der Waals surface area contributed by atoms with E-state index in [1.54, 1.807) is 5.41 Å². The second-order valence-corrected chi connectivity index (χ2v) is 4.35. The van der Waals surface area contributed by atoms with Gasteiger partial charge in [0.2, 0.25) is 0 Å². The van der Waals surface area contributed by atoms with Crippen molar-refractivity contribution in [1.82, 2.24) is 0 Å². The lowest BCUT2D eigenvalue weighted by atomic mass is 10.4. The number of hydrogen-bond donors (Lipinski definition) is 0. The molecular formula is C5H4OS2. The zero-order chi connectivity index (χ0) is 5.98. The van der Waals surface area contributed by atoms with Crippen LogP contribution in [0, 0.1) is 12.3 Å². The molecule has 0 bridgehead atoms. The monoisotopic (exact) mass is 144 g/mol. The molecule has 0 aliphatic carbocycles. The lowest BCUT2D eigenvalue weighted by Gasteiger charge is -1.94. The molecule has 0 amide bonds. The van der Waals surface area contributed by atoms with Gasteiger partial charge in [-0.1, -0.05) is 5.92 Å². The lowest BCUT2D eigenvalue weighted by Crippen LogP contribution is -1.94. The highest BCUT2D eigenvalue weighted by atomic mass is 33.1. The van der Waals surface area contributed by atoms with Crippen LogP contribution < -0.4 is 0 Å². The van der Waals surface area contributed by atoms with Crippen LogP contribution in [-0.2, 0) is 10.2 Å². The molecule has 1 unspecified atom stereocenters. The van der Waals surface area contributed by atoms with Gasteiger partial charge in [0, 0.05) is 15.6 Å². The molecule has 1 rings (SSSR count). The van der Waals surface area contributed by atoms with Gasteiger partial charge in [0.25, 0.3) is 0 Å². The third-order valence-corrected chi connectivity index (χ3v) is 3.18. The molecule has 0 fully saturated rings. The Labute approximate surface area is 55.1 Å². The molecule has 0 spiro atoms. The molecule has 0 aromatic heterocycles. The van der Waals surface area contributed by atoms with Crippen LogP contribution in [0.25, 0.3) is 0 Å². The van der Waals surface area contributed by atoms with Gasteiger partial charge in [0.05, 0.1) is 5.57 Å². The van der Waals surface area contributed by atoms with Gasteiger partial charge in [0.1, 0.15) is 10.8 Å². The highest BCUT2D eigenvalue weighted by molar-refractivity contribution is 8.73. The summed E-state index contributed by atoms with van der Waals surface area (Å²) in [6.45, 7) is 0. The third kappa shape index (κ3) is 1.22. The minimum atomic E-state index is -0.771. The Hall–Kier alpha value is -0.0400. The predicted octanol–water partition coefficient (Wildman–Crippen LogP) is 0.914. The largest absolute Gasteiger partial charge is 0.605 e. The maximum Gasteiger partial charge on any atom is 0.151 e. The molecule has 0 aromatic carbocycles. The molecule has 1 aliphatic rings. The fraction of sp³-hybridized carbons (Fsp3) is 0.200. The average molecular weight is 144 g/mol. The van der Waals surface area contributed by atoms with E-state index in [4.69, 9.17) is 6.42 Å². The minimum Gasteiger partial charge on any atom is -0.605 e. The van der Waals surface area contributed by atoms with E-state index in [2.05, 4.69) is 5.92 Å². The Morgan fingerprint density at radius 3 is 3.00 bits per heavy atom. The van der Waals surface area contributed by atoms with Crippen molar-refractivity contribution in [2.24, 2.45) is 0 Å². The highest BCUT2D eigenvalue weighted by Crippen LogP contribution is 2.25. The summed E-state index contributed by atoms with van der Waals surface area (Å²) < 4.78 is 10.5. The lowest BCUT2D eigenvalue weighted by molar-refractivity contribution is 0.612. The highest BCUT2D eigenvalue weighted by Gasteiger charge is 2.16. The zero-order valence-electron chi connectivity index (χ0n) is 4.09. The minimum absolute atomic E-state index is 0.557. The van der Waals surface area contributed by atoms with Crippen LogP contribution in [-0.4, -0.2) is 10.3 Å². The molecule has 0 aromatic rings. The first-order chi connectivity index (χ1) is 3.83. The van der Waals surface area contributed by atoms with Crippen molar-refractivity contribution in [1.29, 1.82) is 0 Å². The maximum atomic E-state index is 10.5. The summed E-state index contributed by atoms with van der Waals surface area (Å²) in [5.41, 5.74) is 0.855. The van der Waals surface area contributed by atoms with Gasteiger partial charge in [-0.15, -0.1) is 6.42 Å². The van der Waals surface area contributed by atoms with Crippen molar-refractivity contribution in [3.05, 3.63) is 11.0 Å². The zero-order valence-corrected chi connectivity index (χ0v) is 5.72. The Balaban J connectivity index is 2.53. The van der Waals surface area contributed by atoms with Crippen molar-refractivity contribution < 1.29 is 4.55 Å². The smallest absolute Gasteiger partial charge is 0.151 e. The fourth-order valence-electron chi connectivity index (χ4n) is 0.382.